The van der Waals surface area contributed by atoms with Gasteiger partial charge in [-0.25, -0.2) is 4.39 Å². The molecule has 0 saturated carbocycles. The number of aryl methyl sites for hydroxylation is 1. The molecule has 4 aromatic rings. The van der Waals surface area contributed by atoms with Gasteiger partial charge in [0.1, 0.15) is 11.6 Å². The third-order valence-corrected chi connectivity index (χ3v) is 6.50. The fraction of sp³-hybridized carbons (Fsp3) is 0.240. The predicted molar refractivity (Wildman–Crippen MR) is 128 cm³/mol. The summed E-state index contributed by atoms with van der Waals surface area (Å²) in [5.74, 6) is 1.24. The van der Waals surface area contributed by atoms with Crippen LogP contribution in [0.5, 0.6) is 5.75 Å². The summed E-state index contributed by atoms with van der Waals surface area (Å²) >= 11 is 1.34. The molecular formula is C25H25FN4O2S. The van der Waals surface area contributed by atoms with Crippen molar-refractivity contribution >= 4 is 17.5 Å². The van der Waals surface area contributed by atoms with Gasteiger partial charge in [0, 0.05) is 23.5 Å². The first kappa shape index (κ1) is 22.8. The van der Waals surface area contributed by atoms with Crippen LogP contribution in [-0.2, 0) is 6.54 Å². The SMILES string of the molecule is CCn1c(SCC(=O)c2cc(C)n(-c3ccccc3F)c2C)nnc1-c1ccccc1OC. The van der Waals surface area contributed by atoms with Crippen molar-refractivity contribution in [2.24, 2.45) is 0 Å². The number of rotatable bonds is 8. The lowest BCUT2D eigenvalue weighted by Gasteiger charge is -2.11. The Morgan fingerprint density at radius 3 is 2.55 bits per heavy atom. The molecule has 0 aliphatic carbocycles. The van der Waals surface area contributed by atoms with Crippen LogP contribution >= 0.6 is 11.8 Å². The number of benzene rings is 2. The Bertz CT molecular complexity index is 1310. The molecule has 0 bridgehead atoms. The first-order valence-corrected chi connectivity index (χ1v) is 11.6. The Kier molecular flexibility index (Phi) is 6.65. The van der Waals surface area contributed by atoms with E-state index in [1.54, 1.807) is 29.9 Å². The van der Waals surface area contributed by atoms with Crippen LogP contribution in [0.2, 0.25) is 0 Å². The Morgan fingerprint density at radius 1 is 1.09 bits per heavy atom. The number of carbonyl (C=O) groups is 1. The number of halogens is 1. The lowest BCUT2D eigenvalue weighted by Crippen LogP contribution is -2.08. The summed E-state index contributed by atoms with van der Waals surface area (Å²) in [6.45, 7) is 6.37. The highest BCUT2D eigenvalue weighted by molar-refractivity contribution is 7.99. The topological polar surface area (TPSA) is 61.9 Å². The standard InChI is InChI=1S/C25H25FN4O2S/c1-5-29-24(18-10-6-9-13-23(18)32-4)27-28-25(29)33-15-22(31)19-14-16(2)30(17(19)3)21-12-8-7-11-20(21)26/h6-14H,5,15H2,1-4H3. The molecule has 0 fully saturated rings. The minimum Gasteiger partial charge on any atom is -0.496 e. The van der Waals surface area contributed by atoms with Crippen molar-refractivity contribution < 1.29 is 13.9 Å². The molecule has 0 atom stereocenters. The molecule has 0 amide bonds. The van der Waals surface area contributed by atoms with E-state index in [2.05, 4.69) is 10.2 Å². The minimum atomic E-state index is -0.326. The number of aromatic nitrogens is 4. The molecule has 6 nitrogen and oxygen atoms in total. The lowest BCUT2D eigenvalue weighted by atomic mass is 10.2. The molecular weight excluding hydrogens is 439 g/mol. The number of hydrogen-bond donors (Lipinski definition) is 0. The Balaban J connectivity index is 1.58. The molecule has 8 heteroatoms. The maximum Gasteiger partial charge on any atom is 0.191 e. The molecule has 33 heavy (non-hydrogen) atoms. The van der Waals surface area contributed by atoms with E-state index in [0.29, 0.717) is 34.5 Å². The second kappa shape index (κ2) is 9.62. The number of para-hydroxylation sites is 2. The first-order valence-electron chi connectivity index (χ1n) is 10.6. The van der Waals surface area contributed by atoms with Crippen molar-refractivity contribution in [1.82, 2.24) is 19.3 Å². The van der Waals surface area contributed by atoms with Crippen molar-refractivity contribution in [3.8, 4) is 22.8 Å². The molecule has 0 aliphatic rings. The van der Waals surface area contributed by atoms with Gasteiger partial charge in [0.15, 0.2) is 16.8 Å². The summed E-state index contributed by atoms with van der Waals surface area (Å²) in [6.07, 6.45) is 0. The third kappa shape index (κ3) is 4.30. The van der Waals surface area contributed by atoms with E-state index in [9.17, 15) is 9.18 Å². The average Bonchev–Trinajstić information content (AvgIpc) is 3.37. The molecule has 0 saturated heterocycles. The van der Waals surface area contributed by atoms with Gasteiger partial charge in [0.25, 0.3) is 0 Å². The van der Waals surface area contributed by atoms with Crippen LogP contribution in [0.3, 0.4) is 0 Å². The second-order valence-electron chi connectivity index (χ2n) is 7.53. The van der Waals surface area contributed by atoms with E-state index < -0.39 is 0 Å². The van der Waals surface area contributed by atoms with Crippen molar-refractivity contribution in [1.29, 1.82) is 0 Å². The molecule has 2 heterocycles. The lowest BCUT2D eigenvalue weighted by molar-refractivity contribution is 0.102. The summed E-state index contributed by atoms with van der Waals surface area (Å²) in [6, 6.07) is 16.0. The van der Waals surface area contributed by atoms with Gasteiger partial charge in [-0.05, 0) is 51.1 Å². The number of hydrogen-bond acceptors (Lipinski definition) is 5. The zero-order chi connectivity index (χ0) is 23.5. The van der Waals surface area contributed by atoms with Crippen LogP contribution in [-0.4, -0.2) is 38.0 Å². The summed E-state index contributed by atoms with van der Waals surface area (Å²) in [5, 5.41) is 9.34. The van der Waals surface area contributed by atoms with Gasteiger partial charge in [-0.1, -0.05) is 36.0 Å². The van der Waals surface area contributed by atoms with E-state index in [1.165, 1.54) is 17.8 Å². The normalized spacial score (nSPS) is 11.1. The number of Topliss-reactive ketones (excluding diaryl/α,β-unsaturated/α-hetero) is 1. The largest absolute Gasteiger partial charge is 0.496 e. The van der Waals surface area contributed by atoms with E-state index >= 15 is 0 Å². The average molecular weight is 465 g/mol. The monoisotopic (exact) mass is 464 g/mol. The molecule has 0 radical (unpaired) electrons. The van der Waals surface area contributed by atoms with Crippen LogP contribution < -0.4 is 4.74 Å². The number of carbonyl (C=O) groups excluding carboxylic acids is 1. The molecule has 0 aliphatic heterocycles. The molecule has 0 N–H and O–H groups in total. The quantitative estimate of drug-likeness (QED) is 0.255. The molecule has 4 rings (SSSR count). The number of ketones is 1. The van der Waals surface area contributed by atoms with Gasteiger partial charge in [-0.3, -0.25) is 4.79 Å². The van der Waals surface area contributed by atoms with Gasteiger partial charge >= 0.3 is 0 Å². The molecule has 2 aromatic heterocycles. The second-order valence-corrected chi connectivity index (χ2v) is 8.48. The Morgan fingerprint density at radius 2 is 1.82 bits per heavy atom. The van der Waals surface area contributed by atoms with E-state index in [0.717, 1.165) is 17.0 Å². The number of thioether (sulfide) groups is 1. The molecule has 2 aromatic carbocycles. The molecule has 0 spiro atoms. The summed E-state index contributed by atoms with van der Waals surface area (Å²) in [5.41, 5.74) is 3.39. The summed E-state index contributed by atoms with van der Waals surface area (Å²) in [7, 11) is 1.62. The van der Waals surface area contributed by atoms with Crippen LogP contribution in [0.4, 0.5) is 4.39 Å². The van der Waals surface area contributed by atoms with E-state index in [-0.39, 0.29) is 17.4 Å². The van der Waals surface area contributed by atoms with Gasteiger partial charge in [0.05, 0.1) is 24.1 Å². The predicted octanol–water partition coefficient (Wildman–Crippen LogP) is 5.50. The number of methoxy groups -OCH3 is 1. The third-order valence-electron chi connectivity index (χ3n) is 5.54. The smallest absolute Gasteiger partial charge is 0.191 e. The minimum absolute atomic E-state index is 0.0415. The summed E-state index contributed by atoms with van der Waals surface area (Å²) < 4.78 is 23.6. The molecule has 0 unspecified atom stereocenters. The maximum absolute atomic E-state index is 14.4. The highest BCUT2D eigenvalue weighted by atomic mass is 32.2. The Labute approximate surface area is 196 Å². The highest BCUT2D eigenvalue weighted by Gasteiger charge is 2.21. The van der Waals surface area contributed by atoms with Gasteiger partial charge in [-0.2, -0.15) is 0 Å². The van der Waals surface area contributed by atoms with Crippen molar-refractivity contribution in [2.45, 2.75) is 32.5 Å². The van der Waals surface area contributed by atoms with Crippen LogP contribution in [0, 0.1) is 19.7 Å². The van der Waals surface area contributed by atoms with Crippen LogP contribution in [0.25, 0.3) is 17.1 Å². The zero-order valence-electron chi connectivity index (χ0n) is 19.0. The number of nitrogens with zero attached hydrogens (tertiary/aromatic N) is 4. The van der Waals surface area contributed by atoms with Crippen molar-refractivity contribution in [3.63, 3.8) is 0 Å². The fourth-order valence-electron chi connectivity index (χ4n) is 3.97. The zero-order valence-corrected chi connectivity index (χ0v) is 19.8. The number of ether oxygens (including phenoxy) is 1. The van der Waals surface area contributed by atoms with Crippen LogP contribution in [0.15, 0.2) is 59.8 Å². The summed E-state index contributed by atoms with van der Waals surface area (Å²) in [4.78, 5) is 13.1. The van der Waals surface area contributed by atoms with E-state index in [4.69, 9.17) is 4.74 Å². The van der Waals surface area contributed by atoms with Crippen LogP contribution in [0.1, 0.15) is 28.7 Å². The fourth-order valence-corrected chi connectivity index (χ4v) is 4.85. The van der Waals surface area contributed by atoms with Crippen molar-refractivity contribution in [3.05, 3.63) is 77.4 Å². The maximum atomic E-state index is 14.4. The van der Waals surface area contributed by atoms with Crippen molar-refractivity contribution in [2.75, 3.05) is 12.9 Å². The van der Waals surface area contributed by atoms with Gasteiger partial charge in [0.2, 0.25) is 0 Å². The van der Waals surface area contributed by atoms with E-state index in [1.807, 2.05) is 55.7 Å². The van der Waals surface area contributed by atoms with Gasteiger partial charge in [-0.15, -0.1) is 10.2 Å². The highest BCUT2D eigenvalue weighted by Crippen LogP contribution is 2.31. The molecule has 170 valence electrons. The first-order chi connectivity index (χ1) is 16.0. The Hall–Kier alpha value is -3.39. The van der Waals surface area contributed by atoms with Gasteiger partial charge < -0.3 is 13.9 Å².